The second kappa shape index (κ2) is 8.20. The highest BCUT2D eigenvalue weighted by molar-refractivity contribution is 6.03. The highest BCUT2D eigenvalue weighted by atomic mass is 16.5. The van der Waals surface area contributed by atoms with Gasteiger partial charge in [0.2, 0.25) is 11.8 Å². The van der Waals surface area contributed by atoms with Crippen molar-refractivity contribution in [1.82, 2.24) is 9.97 Å². The molecule has 4 rings (SSSR count). The number of nitrogens with zero attached hydrogens (tertiary/aromatic N) is 3. The van der Waals surface area contributed by atoms with E-state index in [0.29, 0.717) is 35.1 Å². The molecule has 2 N–H and O–H groups in total. The minimum Gasteiger partial charge on any atom is -0.508 e. The largest absolute Gasteiger partial charge is 0.508 e. The topological polar surface area (TPSA) is 105 Å². The zero-order valence-corrected chi connectivity index (χ0v) is 16.3. The first-order valence-electron chi connectivity index (χ1n) is 9.40. The summed E-state index contributed by atoms with van der Waals surface area (Å²) in [6, 6.07) is 13.8. The van der Waals surface area contributed by atoms with Gasteiger partial charge in [-0.2, -0.15) is 0 Å². The van der Waals surface area contributed by atoms with Gasteiger partial charge in [-0.15, -0.1) is 0 Å². The summed E-state index contributed by atoms with van der Waals surface area (Å²) in [5.74, 6) is 0.358. The smallest absolute Gasteiger partial charge is 0.229 e. The average Bonchev–Trinajstić information content (AvgIpc) is 3.16. The van der Waals surface area contributed by atoms with E-state index >= 15 is 0 Å². The Kier molecular flexibility index (Phi) is 5.30. The molecule has 1 unspecified atom stereocenters. The van der Waals surface area contributed by atoms with Gasteiger partial charge in [-0.3, -0.25) is 9.59 Å². The second-order valence-corrected chi connectivity index (χ2v) is 6.94. The molecule has 1 aromatic heterocycles. The van der Waals surface area contributed by atoms with Gasteiger partial charge in [0.15, 0.2) is 5.82 Å². The molecule has 3 aromatic rings. The van der Waals surface area contributed by atoms with Gasteiger partial charge in [0.1, 0.15) is 11.5 Å². The van der Waals surface area contributed by atoms with Gasteiger partial charge < -0.3 is 20.1 Å². The first-order chi connectivity index (χ1) is 14.5. The van der Waals surface area contributed by atoms with Crippen molar-refractivity contribution in [2.45, 2.75) is 6.42 Å². The van der Waals surface area contributed by atoms with Crippen LogP contribution in [-0.4, -0.2) is 40.5 Å². The summed E-state index contributed by atoms with van der Waals surface area (Å²) >= 11 is 0. The molecule has 2 heterocycles. The van der Waals surface area contributed by atoms with Crippen LogP contribution in [0, 0.1) is 5.92 Å². The van der Waals surface area contributed by atoms with Gasteiger partial charge in [0.05, 0.1) is 31.1 Å². The summed E-state index contributed by atoms with van der Waals surface area (Å²) in [5, 5.41) is 12.3. The Morgan fingerprint density at radius 2 is 1.93 bits per heavy atom. The number of methoxy groups -OCH3 is 1. The molecule has 8 heteroatoms. The Morgan fingerprint density at radius 3 is 2.67 bits per heavy atom. The van der Waals surface area contributed by atoms with Crippen molar-refractivity contribution < 1.29 is 19.4 Å². The Morgan fingerprint density at radius 1 is 1.17 bits per heavy atom. The van der Waals surface area contributed by atoms with Crippen LogP contribution in [0.5, 0.6) is 11.5 Å². The van der Waals surface area contributed by atoms with Crippen LogP contribution in [0.15, 0.2) is 60.9 Å². The van der Waals surface area contributed by atoms with E-state index in [1.54, 1.807) is 54.5 Å². The van der Waals surface area contributed by atoms with Crippen LogP contribution in [0.1, 0.15) is 6.42 Å². The van der Waals surface area contributed by atoms with Crippen LogP contribution < -0.4 is 15.0 Å². The van der Waals surface area contributed by atoms with Gasteiger partial charge in [0.25, 0.3) is 0 Å². The summed E-state index contributed by atoms with van der Waals surface area (Å²) in [4.78, 5) is 35.2. The zero-order chi connectivity index (χ0) is 21.1. The van der Waals surface area contributed by atoms with Crippen molar-refractivity contribution in [3.05, 3.63) is 60.9 Å². The van der Waals surface area contributed by atoms with Gasteiger partial charge >= 0.3 is 0 Å². The average molecular weight is 404 g/mol. The summed E-state index contributed by atoms with van der Waals surface area (Å²) in [7, 11) is 1.56. The van der Waals surface area contributed by atoms with Crippen molar-refractivity contribution in [3.63, 3.8) is 0 Å². The number of nitrogens with one attached hydrogen (secondary N) is 1. The van der Waals surface area contributed by atoms with E-state index in [1.165, 1.54) is 12.4 Å². The standard InChI is InChI=1S/C22H20N4O4/c1-30-19-7-3-5-17(10-19)26-13-15(9-20(26)28)22(29)25-16-11-23-21(24-12-16)14-4-2-6-18(27)8-14/h2-8,10-12,15,27H,9,13H2,1H3,(H,25,29). The minimum atomic E-state index is -0.477. The van der Waals surface area contributed by atoms with Crippen LogP contribution in [0.3, 0.4) is 0 Å². The predicted molar refractivity (Wildman–Crippen MR) is 111 cm³/mol. The quantitative estimate of drug-likeness (QED) is 0.678. The predicted octanol–water partition coefficient (Wildman–Crippen LogP) is 2.85. The van der Waals surface area contributed by atoms with Crippen LogP contribution in [0.4, 0.5) is 11.4 Å². The first kappa shape index (κ1) is 19.4. The van der Waals surface area contributed by atoms with Crippen LogP contribution in [0.2, 0.25) is 0 Å². The number of phenols is 1. The lowest BCUT2D eigenvalue weighted by Crippen LogP contribution is -2.28. The number of aromatic nitrogens is 2. The number of hydrogen-bond acceptors (Lipinski definition) is 6. The van der Waals surface area contributed by atoms with E-state index < -0.39 is 5.92 Å². The van der Waals surface area contributed by atoms with Crippen molar-refractivity contribution in [1.29, 1.82) is 0 Å². The lowest BCUT2D eigenvalue weighted by molar-refractivity contribution is -0.122. The maximum absolute atomic E-state index is 12.7. The summed E-state index contributed by atoms with van der Waals surface area (Å²) in [6.07, 6.45) is 3.13. The van der Waals surface area contributed by atoms with E-state index in [9.17, 15) is 14.7 Å². The van der Waals surface area contributed by atoms with Gasteiger partial charge in [0, 0.05) is 30.3 Å². The van der Waals surface area contributed by atoms with E-state index in [1.807, 2.05) is 6.07 Å². The van der Waals surface area contributed by atoms with E-state index in [4.69, 9.17) is 4.74 Å². The van der Waals surface area contributed by atoms with Gasteiger partial charge in [-0.05, 0) is 24.3 Å². The van der Waals surface area contributed by atoms with E-state index in [2.05, 4.69) is 15.3 Å². The van der Waals surface area contributed by atoms with Gasteiger partial charge in [-0.1, -0.05) is 18.2 Å². The molecule has 1 fully saturated rings. The number of benzene rings is 2. The molecule has 0 bridgehead atoms. The fourth-order valence-corrected chi connectivity index (χ4v) is 3.34. The van der Waals surface area contributed by atoms with Crippen LogP contribution in [-0.2, 0) is 9.59 Å². The third-order valence-corrected chi connectivity index (χ3v) is 4.88. The number of amides is 2. The lowest BCUT2D eigenvalue weighted by atomic mass is 10.1. The molecule has 1 aliphatic heterocycles. The normalized spacial score (nSPS) is 15.8. The van der Waals surface area contributed by atoms with E-state index in [0.717, 1.165) is 0 Å². The molecule has 1 aliphatic rings. The molecule has 0 radical (unpaired) electrons. The minimum absolute atomic E-state index is 0.112. The number of aromatic hydroxyl groups is 1. The Balaban J connectivity index is 1.42. The fourth-order valence-electron chi connectivity index (χ4n) is 3.34. The van der Waals surface area contributed by atoms with E-state index in [-0.39, 0.29) is 24.0 Å². The monoisotopic (exact) mass is 404 g/mol. The molecule has 8 nitrogen and oxygen atoms in total. The highest BCUT2D eigenvalue weighted by Gasteiger charge is 2.35. The maximum atomic E-state index is 12.7. The number of carbonyl (C=O) groups is 2. The summed E-state index contributed by atoms with van der Waals surface area (Å²) in [5.41, 5.74) is 1.81. The molecule has 0 saturated carbocycles. The number of hydrogen-bond donors (Lipinski definition) is 2. The number of rotatable bonds is 5. The zero-order valence-electron chi connectivity index (χ0n) is 16.3. The number of anilines is 2. The number of carbonyl (C=O) groups excluding carboxylic acids is 2. The molecule has 0 aliphatic carbocycles. The second-order valence-electron chi connectivity index (χ2n) is 6.94. The third-order valence-electron chi connectivity index (χ3n) is 4.88. The summed E-state index contributed by atoms with van der Waals surface area (Å²) in [6.45, 7) is 0.292. The molecule has 30 heavy (non-hydrogen) atoms. The lowest BCUT2D eigenvalue weighted by Gasteiger charge is -2.17. The van der Waals surface area contributed by atoms with Crippen LogP contribution in [0.25, 0.3) is 11.4 Å². The molecule has 2 aromatic carbocycles. The maximum Gasteiger partial charge on any atom is 0.229 e. The fraction of sp³-hybridized carbons (Fsp3) is 0.182. The molecule has 0 spiro atoms. The first-order valence-corrected chi connectivity index (χ1v) is 9.40. The summed E-state index contributed by atoms with van der Waals surface area (Å²) < 4.78 is 5.21. The van der Waals surface area contributed by atoms with Crippen molar-refractivity contribution in [2.24, 2.45) is 5.92 Å². The van der Waals surface area contributed by atoms with Crippen molar-refractivity contribution >= 4 is 23.2 Å². The molecule has 2 amide bonds. The number of phenolic OH excluding ortho intramolecular Hbond substituents is 1. The Bertz CT molecular complexity index is 1080. The van der Waals surface area contributed by atoms with Crippen LogP contribution >= 0.6 is 0 Å². The van der Waals surface area contributed by atoms with Crippen molar-refractivity contribution in [2.75, 3.05) is 23.9 Å². The molecular formula is C22H20N4O4. The Labute approximate surface area is 173 Å². The molecule has 152 valence electrons. The molecule has 1 saturated heterocycles. The molecular weight excluding hydrogens is 384 g/mol. The SMILES string of the molecule is COc1cccc(N2CC(C(=O)Nc3cnc(-c4cccc(O)c4)nc3)CC2=O)c1. The van der Waals surface area contributed by atoms with Crippen molar-refractivity contribution in [3.8, 4) is 22.9 Å². The van der Waals surface area contributed by atoms with Gasteiger partial charge in [-0.25, -0.2) is 9.97 Å². The number of ether oxygens (including phenoxy) is 1. The third kappa shape index (κ3) is 4.07. The molecule has 1 atom stereocenters. The highest BCUT2D eigenvalue weighted by Crippen LogP contribution is 2.28. The Hall–Kier alpha value is -3.94.